The van der Waals surface area contributed by atoms with Crippen LogP contribution >= 0.6 is 0 Å². The van der Waals surface area contributed by atoms with Gasteiger partial charge in [-0.15, -0.1) is 0 Å². The van der Waals surface area contributed by atoms with E-state index in [1.807, 2.05) is 13.0 Å². The second kappa shape index (κ2) is 9.75. The van der Waals surface area contributed by atoms with Crippen molar-refractivity contribution in [1.82, 2.24) is 4.83 Å². The van der Waals surface area contributed by atoms with Crippen LogP contribution < -0.4 is 9.26 Å². The number of nitrogens with one attached hydrogen (secondary N) is 1. The molecule has 216 valence electrons. The van der Waals surface area contributed by atoms with Crippen LogP contribution in [0.25, 0.3) is 0 Å². The SMILES string of the molecule is Cc1ccc(S(=O)(=O)NN=C2CC[C@H]3[C@@H]4CC=C5CCCC[C@]5(C)[C@H]4CC[C@]23C)cc1O[Si](C)(C)C(C)(C)C. The maximum absolute atomic E-state index is 13.4. The predicted octanol–water partition coefficient (Wildman–Crippen LogP) is 8.37. The number of hydrazone groups is 1. The Balaban J connectivity index is 1.35. The molecular formula is C32H50N2O3SSi. The number of benzene rings is 1. The molecule has 0 amide bonds. The van der Waals surface area contributed by atoms with Gasteiger partial charge >= 0.3 is 0 Å². The van der Waals surface area contributed by atoms with Crippen LogP contribution in [0.2, 0.25) is 18.1 Å². The van der Waals surface area contributed by atoms with Crippen LogP contribution in [0.4, 0.5) is 0 Å². The standard InChI is InChI=1S/C32H50N2O3SSi/c1-22-12-14-24(21-28(22)37-39(7,8)30(2,3)4)38(35,36)34-33-29-17-16-26-25-15-13-23-11-9-10-19-31(23,5)27(25)18-20-32(26,29)6/h12-14,21,25-27,34H,9-11,15-20H2,1-8H3/t25-,26-,27-,31-,32-/m0/s1. The maximum Gasteiger partial charge on any atom is 0.276 e. The maximum atomic E-state index is 13.4. The van der Waals surface area contributed by atoms with Crippen LogP contribution in [0.5, 0.6) is 5.75 Å². The number of hydrogen-bond acceptors (Lipinski definition) is 4. The first-order chi connectivity index (χ1) is 18.1. The number of allylic oxidation sites excluding steroid dienone is 2. The first kappa shape index (κ1) is 28.9. The largest absolute Gasteiger partial charge is 0.543 e. The van der Waals surface area contributed by atoms with E-state index in [9.17, 15) is 8.42 Å². The number of fused-ring (bicyclic) bond motifs is 5. The molecule has 0 heterocycles. The van der Waals surface area contributed by atoms with Crippen molar-refractivity contribution >= 4 is 24.1 Å². The van der Waals surface area contributed by atoms with Gasteiger partial charge in [0.05, 0.1) is 4.90 Å². The van der Waals surface area contributed by atoms with Gasteiger partial charge in [0.25, 0.3) is 10.0 Å². The van der Waals surface area contributed by atoms with Gasteiger partial charge in [0, 0.05) is 11.1 Å². The molecule has 0 unspecified atom stereocenters. The quantitative estimate of drug-likeness (QED) is 0.220. The molecule has 5 rings (SSSR count). The van der Waals surface area contributed by atoms with Crippen molar-refractivity contribution in [3.63, 3.8) is 0 Å². The van der Waals surface area contributed by atoms with Crippen molar-refractivity contribution in [2.75, 3.05) is 0 Å². The van der Waals surface area contributed by atoms with E-state index >= 15 is 0 Å². The fourth-order valence-corrected chi connectivity index (χ4v) is 10.0. The van der Waals surface area contributed by atoms with Crippen molar-refractivity contribution in [3.05, 3.63) is 35.4 Å². The molecule has 1 N–H and O–H groups in total. The lowest BCUT2D eigenvalue weighted by atomic mass is 9.48. The molecule has 0 spiro atoms. The molecule has 4 aliphatic rings. The molecule has 5 atom stereocenters. The van der Waals surface area contributed by atoms with E-state index in [2.05, 4.69) is 63.7 Å². The molecular weight excluding hydrogens is 521 g/mol. The zero-order chi connectivity index (χ0) is 28.4. The Kier molecular flexibility index (Phi) is 7.23. The number of hydrogen-bond donors (Lipinski definition) is 1. The van der Waals surface area contributed by atoms with E-state index in [1.54, 1.807) is 17.7 Å². The van der Waals surface area contributed by atoms with Gasteiger partial charge in [-0.05, 0) is 117 Å². The summed E-state index contributed by atoms with van der Waals surface area (Å²) >= 11 is 0. The van der Waals surface area contributed by atoms with Gasteiger partial charge in [-0.25, -0.2) is 4.83 Å². The van der Waals surface area contributed by atoms with E-state index in [-0.39, 0.29) is 15.3 Å². The average molecular weight is 571 g/mol. The van der Waals surface area contributed by atoms with Crippen molar-refractivity contribution in [3.8, 4) is 5.75 Å². The monoisotopic (exact) mass is 570 g/mol. The molecule has 0 aromatic heterocycles. The molecule has 1 aromatic carbocycles. The molecule has 3 fully saturated rings. The summed E-state index contributed by atoms with van der Waals surface area (Å²) in [5.41, 5.74) is 4.07. The normalized spacial score (nSPS) is 34.1. The van der Waals surface area contributed by atoms with Crippen LogP contribution in [0, 0.1) is 35.5 Å². The lowest BCUT2D eigenvalue weighted by Gasteiger charge is -2.56. The highest BCUT2D eigenvalue weighted by Crippen LogP contribution is 2.64. The molecule has 5 nitrogen and oxygen atoms in total. The Bertz CT molecular complexity index is 1290. The third-order valence-electron chi connectivity index (χ3n) is 11.7. The Morgan fingerprint density at radius 1 is 1.03 bits per heavy atom. The minimum Gasteiger partial charge on any atom is -0.543 e. The third kappa shape index (κ3) is 4.94. The van der Waals surface area contributed by atoms with E-state index in [1.165, 1.54) is 38.5 Å². The van der Waals surface area contributed by atoms with Crippen LogP contribution in [0.3, 0.4) is 0 Å². The Labute approximate surface area is 238 Å². The van der Waals surface area contributed by atoms with Gasteiger partial charge in [0.1, 0.15) is 5.75 Å². The topological polar surface area (TPSA) is 67.8 Å². The molecule has 39 heavy (non-hydrogen) atoms. The van der Waals surface area contributed by atoms with Crippen molar-refractivity contribution in [2.45, 2.75) is 122 Å². The van der Waals surface area contributed by atoms with Gasteiger partial charge in [-0.1, -0.05) is 58.8 Å². The number of nitrogens with zero attached hydrogens (tertiary/aromatic N) is 1. The van der Waals surface area contributed by atoms with E-state index in [4.69, 9.17) is 4.43 Å². The summed E-state index contributed by atoms with van der Waals surface area (Å²) in [6.45, 7) is 17.8. The van der Waals surface area contributed by atoms with Gasteiger partial charge in [0.2, 0.25) is 8.32 Å². The summed E-state index contributed by atoms with van der Waals surface area (Å²) in [5, 5.41) is 4.68. The fourth-order valence-electron chi connectivity index (χ4n) is 8.12. The molecule has 7 heteroatoms. The summed E-state index contributed by atoms with van der Waals surface area (Å²) in [6.07, 6.45) is 13.4. The predicted molar refractivity (Wildman–Crippen MR) is 163 cm³/mol. The summed E-state index contributed by atoms with van der Waals surface area (Å²) in [5.74, 6) is 2.69. The second-order valence-corrected chi connectivity index (χ2v) is 21.3. The summed E-state index contributed by atoms with van der Waals surface area (Å²) in [7, 11) is -5.91. The number of aryl methyl sites for hydroxylation is 1. The molecule has 0 radical (unpaired) electrons. The van der Waals surface area contributed by atoms with Crippen molar-refractivity contribution in [2.24, 2.45) is 33.7 Å². The van der Waals surface area contributed by atoms with Crippen LogP contribution in [-0.2, 0) is 10.0 Å². The van der Waals surface area contributed by atoms with E-state index in [0.29, 0.717) is 23.0 Å². The van der Waals surface area contributed by atoms with Crippen molar-refractivity contribution < 1.29 is 12.8 Å². The zero-order valence-corrected chi connectivity index (χ0v) is 27.3. The number of sulfonamides is 1. The highest BCUT2D eigenvalue weighted by Gasteiger charge is 2.57. The highest BCUT2D eigenvalue weighted by atomic mass is 32.2. The molecule has 0 bridgehead atoms. The van der Waals surface area contributed by atoms with Gasteiger partial charge in [0.15, 0.2) is 0 Å². The Morgan fingerprint density at radius 2 is 1.74 bits per heavy atom. The molecule has 4 aliphatic carbocycles. The lowest BCUT2D eigenvalue weighted by Crippen LogP contribution is -2.49. The minimum absolute atomic E-state index is 0.0239. The first-order valence-electron chi connectivity index (χ1n) is 15.2. The van der Waals surface area contributed by atoms with Gasteiger partial charge in [-0.2, -0.15) is 13.5 Å². The molecule has 0 aliphatic heterocycles. The van der Waals surface area contributed by atoms with Gasteiger partial charge in [-0.3, -0.25) is 0 Å². The minimum atomic E-state index is -3.80. The lowest BCUT2D eigenvalue weighted by molar-refractivity contribution is -0.00622. The second-order valence-electron chi connectivity index (χ2n) is 14.9. The molecule has 1 aromatic rings. The van der Waals surface area contributed by atoms with Crippen LogP contribution in [-0.4, -0.2) is 22.4 Å². The first-order valence-corrected chi connectivity index (χ1v) is 19.6. The van der Waals surface area contributed by atoms with E-state index in [0.717, 1.165) is 36.5 Å². The highest BCUT2D eigenvalue weighted by molar-refractivity contribution is 7.89. The zero-order valence-electron chi connectivity index (χ0n) is 25.5. The number of rotatable bonds is 5. The fraction of sp³-hybridized carbons (Fsp3) is 0.719. The molecule has 0 saturated heterocycles. The van der Waals surface area contributed by atoms with E-state index < -0.39 is 18.3 Å². The van der Waals surface area contributed by atoms with Gasteiger partial charge < -0.3 is 4.43 Å². The Morgan fingerprint density at radius 3 is 2.46 bits per heavy atom. The summed E-state index contributed by atoms with van der Waals surface area (Å²) < 4.78 is 33.4. The van der Waals surface area contributed by atoms with Crippen molar-refractivity contribution in [1.29, 1.82) is 0 Å². The third-order valence-corrected chi connectivity index (χ3v) is 17.2. The van der Waals surface area contributed by atoms with Crippen LogP contribution in [0.15, 0.2) is 39.8 Å². The van der Waals surface area contributed by atoms with Crippen LogP contribution in [0.1, 0.15) is 98.0 Å². The molecule has 3 saturated carbocycles. The smallest absolute Gasteiger partial charge is 0.276 e. The summed E-state index contributed by atoms with van der Waals surface area (Å²) in [4.78, 5) is 2.86. The Hall–Kier alpha value is -1.60. The average Bonchev–Trinajstić information content (AvgIpc) is 3.19. The summed E-state index contributed by atoms with van der Waals surface area (Å²) in [6, 6.07) is 5.19.